The first-order valence-corrected chi connectivity index (χ1v) is 9.31. The average Bonchev–Trinajstić information content (AvgIpc) is 2.67. The molecule has 0 bridgehead atoms. The lowest BCUT2D eigenvalue weighted by Gasteiger charge is -2.32. The molecule has 0 unspecified atom stereocenters. The number of nitrogens with zero attached hydrogens (tertiary/aromatic N) is 2. The number of likely N-dealkylation sites (tertiary alicyclic amines) is 1. The maximum absolute atomic E-state index is 12.8. The van der Waals surface area contributed by atoms with Crippen molar-refractivity contribution < 1.29 is 9.72 Å². The van der Waals surface area contributed by atoms with Crippen LogP contribution in [0.2, 0.25) is 0 Å². The molecule has 0 atom stereocenters. The van der Waals surface area contributed by atoms with Crippen molar-refractivity contribution in [1.82, 2.24) is 4.90 Å². The van der Waals surface area contributed by atoms with E-state index in [0.717, 1.165) is 18.4 Å². The molecule has 1 fully saturated rings. The second kappa shape index (κ2) is 7.97. The Kier molecular flexibility index (Phi) is 5.68. The Hall–Kier alpha value is -2.25. The zero-order valence-corrected chi connectivity index (χ0v) is 15.8. The van der Waals surface area contributed by atoms with Gasteiger partial charge < -0.3 is 10.6 Å². The highest BCUT2D eigenvalue weighted by Gasteiger charge is 2.27. The number of halogens is 1. The van der Waals surface area contributed by atoms with E-state index in [-0.39, 0.29) is 16.1 Å². The van der Waals surface area contributed by atoms with Crippen LogP contribution in [0.5, 0.6) is 0 Å². The summed E-state index contributed by atoms with van der Waals surface area (Å²) in [6, 6.07) is 12.8. The first-order valence-electron chi connectivity index (χ1n) is 8.52. The minimum atomic E-state index is -0.489. The van der Waals surface area contributed by atoms with Crippen molar-refractivity contribution in [2.75, 3.05) is 13.1 Å². The summed E-state index contributed by atoms with van der Waals surface area (Å²) in [7, 11) is 0. The number of piperidine rings is 1. The van der Waals surface area contributed by atoms with Crippen LogP contribution in [0.3, 0.4) is 0 Å². The molecule has 7 heteroatoms. The van der Waals surface area contributed by atoms with Crippen LogP contribution in [-0.4, -0.2) is 28.8 Å². The van der Waals surface area contributed by atoms with E-state index in [2.05, 4.69) is 28.1 Å². The number of nitro groups is 1. The summed E-state index contributed by atoms with van der Waals surface area (Å²) >= 11 is 3.21. The Bertz CT molecular complexity index is 833. The van der Waals surface area contributed by atoms with Gasteiger partial charge in [-0.1, -0.05) is 30.3 Å². The van der Waals surface area contributed by atoms with Gasteiger partial charge in [0.1, 0.15) is 4.47 Å². The number of amides is 1. The van der Waals surface area contributed by atoms with E-state index in [1.165, 1.54) is 11.6 Å². The van der Waals surface area contributed by atoms with E-state index >= 15 is 0 Å². The van der Waals surface area contributed by atoms with Gasteiger partial charge in [0.2, 0.25) is 0 Å². The highest BCUT2D eigenvalue weighted by molar-refractivity contribution is 9.10. The second-order valence-electron chi connectivity index (χ2n) is 6.41. The van der Waals surface area contributed by atoms with Gasteiger partial charge in [0, 0.05) is 25.7 Å². The van der Waals surface area contributed by atoms with E-state index in [0.29, 0.717) is 31.1 Å². The number of rotatable bonds is 4. The Morgan fingerprint density at radius 2 is 1.92 bits per heavy atom. The van der Waals surface area contributed by atoms with Crippen molar-refractivity contribution >= 4 is 27.5 Å². The topological polar surface area (TPSA) is 89.5 Å². The molecule has 2 aromatic carbocycles. The van der Waals surface area contributed by atoms with E-state index in [1.807, 2.05) is 12.1 Å². The van der Waals surface area contributed by atoms with Gasteiger partial charge in [-0.2, -0.15) is 0 Å². The lowest BCUT2D eigenvalue weighted by Crippen LogP contribution is -2.38. The van der Waals surface area contributed by atoms with Gasteiger partial charge >= 0.3 is 0 Å². The molecular weight excluding hydrogens is 398 g/mol. The van der Waals surface area contributed by atoms with Crippen LogP contribution < -0.4 is 5.73 Å². The second-order valence-corrected chi connectivity index (χ2v) is 7.20. The first kappa shape index (κ1) is 18.5. The van der Waals surface area contributed by atoms with E-state index in [4.69, 9.17) is 5.73 Å². The average molecular weight is 418 g/mol. The minimum Gasteiger partial charge on any atom is -0.339 e. The van der Waals surface area contributed by atoms with Crippen LogP contribution in [0.15, 0.2) is 46.9 Å². The summed E-state index contributed by atoms with van der Waals surface area (Å²) < 4.78 is 0.243. The molecule has 1 heterocycles. The molecule has 3 rings (SSSR count). The third-order valence-electron chi connectivity index (χ3n) is 4.85. The number of nitro benzene ring substituents is 1. The summed E-state index contributed by atoms with van der Waals surface area (Å²) in [5.74, 6) is 0.230. The molecule has 0 aliphatic carbocycles. The van der Waals surface area contributed by atoms with Crippen LogP contribution >= 0.6 is 15.9 Å². The number of carbonyl (C=O) groups excluding carboxylic acids is 1. The largest absolute Gasteiger partial charge is 0.339 e. The summed E-state index contributed by atoms with van der Waals surface area (Å²) in [4.78, 5) is 25.1. The molecule has 1 aliphatic rings. The zero-order chi connectivity index (χ0) is 18.7. The van der Waals surface area contributed by atoms with Gasteiger partial charge in [-0.25, -0.2) is 0 Å². The summed E-state index contributed by atoms with van der Waals surface area (Å²) in [5, 5.41) is 11.1. The van der Waals surface area contributed by atoms with Gasteiger partial charge in [0.05, 0.1) is 10.5 Å². The fourth-order valence-electron chi connectivity index (χ4n) is 3.39. The standard InChI is InChI=1S/C19H20BrN3O3/c20-18-16(5-2-6-17(18)23(25)26)19(24)22-9-7-14(8-10-22)15-4-1-3-13(11-15)12-21/h1-6,11,14H,7-10,12,21H2. The molecule has 26 heavy (non-hydrogen) atoms. The lowest BCUT2D eigenvalue weighted by atomic mass is 9.88. The molecule has 1 aliphatic heterocycles. The maximum Gasteiger partial charge on any atom is 0.284 e. The Morgan fingerprint density at radius 3 is 2.58 bits per heavy atom. The van der Waals surface area contributed by atoms with Crippen LogP contribution in [-0.2, 0) is 6.54 Å². The van der Waals surface area contributed by atoms with Crippen molar-refractivity contribution in [3.8, 4) is 0 Å². The normalized spacial score (nSPS) is 15.1. The molecule has 0 spiro atoms. The summed E-state index contributed by atoms with van der Waals surface area (Å²) in [5.41, 5.74) is 8.33. The third kappa shape index (κ3) is 3.78. The molecule has 0 aromatic heterocycles. The van der Waals surface area contributed by atoms with Crippen LogP contribution in [0.4, 0.5) is 5.69 Å². The van der Waals surface area contributed by atoms with Crippen LogP contribution in [0.25, 0.3) is 0 Å². The van der Waals surface area contributed by atoms with Crippen molar-refractivity contribution in [2.45, 2.75) is 25.3 Å². The third-order valence-corrected chi connectivity index (χ3v) is 5.68. The number of hydrogen-bond donors (Lipinski definition) is 1. The monoisotopic (exact) mass is 417 g/mol. The number of hydrogen-bond acceptors (Lipinski definition) is 4. The Balaban J connectivity index is 1.71. The van der Waals surface area contributed by atoms with Gasteiger partial charge in [-0.3, -0.25) is 14.9 Å². The first-order chi connectivity index (χ1) is 12.5. The van der Waals surface area contributed by atoms with Gasteiger partial charge in [-0.15, -0.1) is 0 Å². The maximum atomic E-state index is 12.8. The molecule has 0 saturated carbocycles. The smallest absolute Gasteiger partial charge is 0.284 e. The molecule has 136 valence electrons. The quantitative estimate of drug-likeness (QED) is 0.604. The van der Waals surface area contributed by atoms with Crippen molar-refractivity contribution in [1.29, 1.82) is 0 Å². The fraction of sp³-hybridized carbons (Fsp3) is 0.316. The Morgan fingerprint density at radius 1 is 1.23 bits per heavy atom. The molecule has 1 saturated heterocycles. The number of carbonyl (C=O) groups is 1. The predicted molar refractivity (Wildman–Crippen MR) is 103 cm³/mol. The highest BCUT2D eigenvalue weighted by Crippen LogP contribution is 2.32. The fourth-order valence-corrected chi connectivity index (χ4v) is 3.96. The SMILES string of the molecule is NCc1cccc(C2CCN(C(=O)c3cccc([N+](=O)[O-])c3Br)CC2)c1. The molecule has 2 aromatic rings. The number of nitrogens with two attached hydrogens (primary N) is 1. The van der Waals surface area contributed by atoms with Crippen molar-refractivity contribution in [2.24, 2.45) is 5.73 Å². The Labute approximate surface area is 160 Å². The van der Waals surface area contributed by atoms with E-state index in [9.17, 15) is 14.9 Å². The van der Waals surface area contributed by atoms with Gasteiger partial charge in [0.25, 0.3) is 11.6 Å². The lowest BCUT2D eigenvalue weighted by molar-refractivity contribution is -0.385. The molecule has 6 nitrogen and oxygen atoms in total. The molecule has 1 amide bonds. The summed E-state index contributed by atoms with van der Waals surface area (Å²) in [6.45, 7) is 1.78. The van der Waals surface area contributed by atoms with Crippen LogP contribution in [0.1, 0.15) is 40.2 Å². The van der Waals surface area contributed by atoms with E-state index < -0.39 is 4.92 Å². The predicted octanol–water partition coefficient (Wildman–Crippen LogP) is 3.84. The number of benzene rings is 2. The van der Waals surface area contributed by atoms with Gasteiger partial charge in [-0.05, 0) is 51.9 Å². The minimum absolute atomic E-state index is 0.0932. The van der Waals surface area contributed by atoms with Crippen molar-refractivity contribution in [3.63, 3.8) is 0 Å². The zero-order valence-electron chi connectivity index (χ0n) is 14.2. The molecule has 0 radical (unpaired) electrons. The van der Waals surface area contributed by atoms with E-state index in [1.54, 1.807) is 17.0 Å². The highest BCUT2D eigenvalue weighted by atomic mass is 79.9. The van der Waals surface area contributed by atoms with Crippen LogP contribution in [0, 0.1) is 10.1 Å². The summed E-state index contributed by atoms with van der Waals surface area (Å²) in [6.07, 6.45) is 1.73. The molecular formula is C19H20BrN3O3. The molecule has 2 N–H and O–H groups in total. The van der Waals surface area contributed by atoms with Crippen molar-refractivity contribution in [3.05, 3.63) is 73.7 Å². The van der Waals surface area contributed by atoms with Gasteiger partial charge in [0.15, 0.2) is 0 Å².